The van der Waals surface area contributed by atoms with E-state index in [0.29, 0.717) is 13.1 Å². The quantitative estimate of drug-likeness (QED) is 0.289. The molecule has 8 heteroatoms. The minimum Gasteiger partial charge on any atom is -0.344 e. The van der Waals surface area contributed by atoms with Gasteiger partial charge in [-0.2, -0.15) is 8.42 Å². The van der Waals surface area contributed by atoms with E-state index in [1.54, 1.807) is 24.3 Å². The number of benzene rings is 3. The van der Waals surface area contributed by atoms with E-state index in [2.05, 4.69) is 33.1 Å². The monoisotopic (exact) mass is 486 g/mol. The Hall–Kier alpha value is -3.75. The summed E-state index contributed by atoms with van der Waals surface area (Å²) in [6, 6.07) is 26.8. The Morgan fingerprint density at radius 3 is 2.37 bits per heavy atom. The fourth-order valence-corrected chi connectivity index (χ4v) is 5.16. The molecule has 0 aliphatic heterocycles. The summed E-state index contributed by atoms with van der Waals surface area (Å²) in [6.07, 6.45) is 0. The molecule has 2 aromatic heterocycles. The van der Waals surface area contributed by atoms with Crippen LogP contribution in [-0.4, -0.2) is 34.6 Å². The van der Waals surface area contributed by atoms with Gasteiger partial charge >= 0.3 is 0 Å². The Balaban J connectivity index is 1.44. The van der Waals surface area contributed by atoms with Gasteiger partial charge in [-0.1, -0.05) is 65.4 Å². The number of nitrogens with zero attached hydrogens (tertiary/aromatic N) is 4. The van der Waals surface area contributed by atoms with Crippen LogP contribution in [0.1, 0.15) is 17.0 Å². The molecule has 0 saturated carbocycles. The van der Waals surface area contributed by atoms with Gasteiger partial charge in [0.05, 0.1) is 23.6 Å². The molecular formula is C27H26N4O3S. The van der Waals surface area contributed by atoms with Crippen LogP contribution >= 0.6 is 0 Å². The molecule has 178 valence electrons. The Morgan fingerprint density at radius 2 is 1.60 bits per heavy atom. The third kappa shape index (κ3) is 4.76. The first-order valence-electron chi connectivity index (χ1n) is 11.4. The normalized spacial score (nSPS) is 11.8. The standard InChI is InChI=1S/C27H26N4O3S/c1-20-12-14-24(15-13-20)35(32,33)34-17-16-30-21(2)25(22-8-4-3-5-9-22)18-23(30)19-31-27-11-7-6-10-26(27)28-29-31/h3-15,18H,16-17,19H2,1-2H3. The molecule has 5 aromatic rings. The molecule has 0 spiro atoms. The topological polar surface area (TPSA) is 79.0 Å². The van der Waals surface area contributed by atoms with E-state index in [1.165, 1.54) is 0 Å². The highest BCUT2D eigenvalue weighted by atomic mass is 32.2. The molecule has 0 saturated heterocycles. The summed E-state index contributed by atoms with van der Waals surface area (Å²) in [5, 5.41) is 8.60. The van der Waals surface area contributed by atoms with Gasteiger partial charge in [0, 0.05) is 23.5 Å². The van der Waals surface area contributed by atoms with E-state index >= 15 is 0 Å². The minimum atomic E-state index is -3.84. The fraction of sp³-hybridized carbons (Fsp3) is 0.185. The van der Waals surface area contributed by atoms with Crippen LogP contribution in [0.25, 0.3) is 22.2 Å². The van der Waals surface area contributed by atoms with Crippen LogP contribution in [0.3, 0.4) is 0 Å². The lowest BCUT2D eigenvalue weighted by molar-refractivity contribution is 0.297. The lowest BCUT2D eigenvalue weighted by atomic mass is 10.1. The second-order valence-electron chi connectivity index (χ2n) is 8.48. The number of para-hydroxylation sites is 1. The van der Waals surface area contributed by atoms with Gasteiger partial charge in [-0.15, -0.1) is 5.10 Å². The fourth-order valence-electron chi connectivity index (χ4n) is 4.26. The van der Waals surface area contributed by atoms with Crippen molar-refractivity contribution in [2.75, 3.05) is 6.61 Å². The van der Waals surface area contributed by atoms with Gasteiger partial charge in [0.15, 0.2) is 0 Å². The molecule has 0 aliphatic carbocycles. The van der Waals surface area contributed by atoms with Crippen LogP contribution in [0, 0.1) is 13.8 Å². The van der Waals surface area contributed by atoms with E-state index in [9.17, 15) is 8.42 Å². The highest BCUT2D eigenvalue weighted by molar-refractivity contribution is 7.86. The lowest BCUT2D eigenvalue weighted by Crippen LogP contribution is -2.16. The summed E-state index contributed by atoms with van der Waals surface area (Å²) in [4.78, 5) is 0.159. The highest BCUT2D eigenvalue weighted by Gasteiger charge is 2.18. The first-order valence-corrected chi connectivity index (χ1v) is 12.8. The van der Waals surface area contributed by atoms with Crippen molar-refractivity contribution in [3.8, 4) is 11.1 Å². The Morgan fingerprint density at radius 1 is 0.886 bits per heavy atom. The minimum absolute atomic E-state index is 0.0189. The van der Waals surface area contributed by atoms with Gasteiger partial charge in [-0.25, -0.2) is 4.68 Å². The molecule has 35 heavy (non-hydrogen) atoms. The summed E-state index contributed by atoms with van der Waals surface area (Å²) in [5.74, 6) is 0. The molecule has 0 radical (unpaired) electrons. The summed E-state index contributed by atoms with van der Waals surface area (Å²) >= 11 is 0. The van der Waals surface area contributed by atoms with Crippen molar-refractivity contribution in [3.05, 3.63) is 102 Å². The molecule has 0 fully saturated rings. The maximum absolute atomic E-state index is 12.7. The SMILES string of the molecule is Cc1ccc(S(=O)(=O)OCCn2c(Cn3nnc4ccccc43)cc(-c3ccccc3)c2C)cc1. The van der Waals surface area contributed by atoms with E-state index in [-0.39, 0.29) is 11.5 Å². The van der Waals surface area contributed by atoms with Crippen LogP contribution in [0.5, 0.6) is 0 Å². The maximum atomic E-state index is 12.7. The second-order valence-corrected chi connectivity index (χ2v) is 10.1. The molecular weight excluding hydrogens is 460 g/mol. The van der Waals surface area contributed by atoms with Crippen LogP contribution < -0.4 is 0 Å². The average Bonchev–Trinajstić information content (AvgIpc) is 3.41. The lowest BCUT2D eigenvalue weighted by Gasteiger charge is -2.13. The smallest absolute Gasteiger partial charge is 0.297 e. The number of hydrogen-bond acceptors (Lipinski definition) is 5. The van der Waals surface area contributed by atoms with Gasteiger partial charge in [-0.05, 0) is 49.7 Å². The van der Waals surface area contributed by atoms with Gasteiger partial charge in [0.25, 0.3) is 10.1 Å². The molecule has 7 nitrogen and oxygen atoms in total. The first-order chi connectivity index (χ1) is 16.9. The van der Waals surface area contributed by atoms with E-state index in [4.69, 9.17) is 4.18 Å². The molecule has 0 aliphatic rings. The first kappa shape index (κ1) is 23.0. The van der Waals surface area contributed by atoms with Crippen molar-refractivity contribution in [2.45, 2.75) is 31.8 Å². The highest BCUT2D eigenvalue weighted by Crippen LogP contribution is 2.28. The Bertz CT molecular complexity index is 1570. The Labute approximate surface area is 204 Å². The summed E-state index contributed by atoms with van der Waals surface area (Å²) in [6.45, 7) is 4.85. The number of aryl methyl sites for hydroxylation is 1. The van der Waals surface area contributed by atoms with E-state index in [0.717, 1.165) is 39.1 Å². The predicted molar refractivity (Wildman–Crippen MR) is 136 cm³/mol. The molecule has 0 bridgehead atoms. The number of fused-ring (bicyclic) bond motifs is 1. The van der Waals surface area contributed by atoms with Gasteiger partial charge in [0.2, 0.25) is 0 Å². The zero-order valence-electron chi connectivity index (χ0n) is 19.6. The molecule has 2 heterocycles. The van der Waals surface area contributed by atoms with Crippen molar-refractivity contribution in [3.63, 3.8) is 0 Å². The average molecular weight is 487 g/mol. The van der Waals surface area contributed by atoms with Crippen molar-refractivity contribution in [1.29, 1.82) is 0 Å². The predicted octanol–water partition coefficient (Wildman–Crippen LogP) is 4.97. The van der Waals surface area contributed by atoms with Gasteiger partial charge in [-0.3, -0.25) is 4.18 Å². The van der Waals surface area contributed by atoms with Crippen molar-refractivity contribution in [2.24, 2.45) is 0 Å². The molecule has 3 aromatic carbocycles. The molecule has 0 amide bonds. The summed E-state index contributed by atoms with van der Waals surface area (Å²) < 4.78 is 34.7. The molecule has 0 atom stereocenters. The van der Waals surface area contributed by atoms with Crippen LogP contribution in [0.4, 0.5) is 0 Å². The zero-order valence-corrected chi connectivity index (χ0v) is 20.4. The molecule has 0 N–H and O–H groups in total. The van der Waals surface area contributed by atoms with Gasteiger partial charge in [0.1, 0.15) is 5.52 Å². The zero-order chi connectivity index (χ0) is 24.4. The van der Waals surface area contributed by atoms with Crippen molar-refractivity contribution >= 4 is 21.2 Å². The summed E-state index contributed by atoms with van der Waals surface area (Å²) in [5.41, 5.74) is 6.98. The second kappa shape index (κ2) is 9.48. The third-order valence-corrected chi connectivity index (χ3v) is 7.46. The van der Waals surface area contributed by atoms with Crippen LogP contribution in [0.2, 0.25) is 0 Å². The van der Waals surface area contributed by atoms with Crippen molar-refractivity contribution < 1.29 is 12.6 Å². The van der Waals surface area contributed by atoms with E-state index < -0.39 is 10.1 Å². The van der Waals surface area contributed by atoms with Gasteiger partial charge < -0.3 is 4.57 Å². The van der Waals surface area contributed by atoms with Crippen molar-refractivity contribution in [1.82, 2.24) is 19.6 Å². The molecule has 5 rings (SSSR count). The van der Waals surface area contributed by atoms with E-state index in [1.807, 2.05) is 61.0 Å². The summed E-state index contributed by atoms with van der Waals surface area (Å²) in [7, 11) is -3.84. The third-order valence-electron chi connectivity index (χ3n) is 6.13. The van der Waals surface area contributed by atoms with Crippen LogP contribution in [0.15, 0.2) is 89.8 Å². The maximum Gasteiger partial charge on any atom is 0.297 e. The number of aromatic nitrogens is 4. The molecule has 0 unspecified atom stereocenters. The number of rotatable bonds is 8. The number of hydrogen-bond donors (Lipinski definition) is 0. The van der Waals surface area contributed by atoms with Crippen LogP contribution in [-0.2, 0) is 27.4 Å². The largest absolute Gasteiger partial charge is 0.344 e. The Kier molecular flexibility index (Phi) is 6.23.